The van der Waals surface area contributed by atoms with Crippen LogP contribution in [0, 0.1) is 0 Å². The van der Waals surface area contributed by atoms with Crippen molar-refractivity contribution in [3.8, 4) is 0 Å². The molecule has 1 heterocycles. The fourth-order valence-electron chi connectivity index (χ4n) is 3.04. The number of nitrogens with zero attached hydrogens (tertiary/aromatic N) is 1. The Hall–Kier alpha value is -2.38. The van der Waals surface area contributed by atoms with Gasteiger partial charge in [-0.15, -0.1) is 0 Å². The number of benzene rings is 2. The van der Waals surface area contributed by atoms with Gasteiger partial charge in [-0.05, 0) is 75.2 Å². The van der Waals surface area contributed by atoms with E-state index >= 15 is 0 Å². The Morgan fingerprint density at radius 3 is 2.04 bits per heavy atom. The smallest absolute Gasteiger partial charge is 0.255 e. The number of sulfonamides is 1. The molecule has 0 radical (unpaired) electrons. The van der Waals surface area contributed by atoms with E-state index in [1.807, 2.05) is 24.3 Å². The molecule has 7 heteroatoms. The Bertz CT molecular complexity index is 885. The first-order chi connectivity index (χ1) is 12.9. The van der Waals surface area contributed by atoms with Gasteiger partial charge >= 0.3 is 0 Å². The summed E-state index contributed by atoms with van der Waals surface area (Å²) >= 11 is 0. The molecule has 0 saturated carbocycles. The van der Waals surface area contributed by atoms with Gasteiger partial charge in [0.2, 0.25) is 10.0 Å². The highest BCUT2D eigenvalue weighted by Crippen LogP contribution is 2.21. The summed E-state index contributed by atoms with van der Waals surface area (Å²) in [7, 11) is -3.46. The Morgan fingerprint density at radius 2 is 1.48 bits per heavy atom. The fraction of sp³-hybridized carbons (Fsp3) is 0.350. The van der Waals surface area contributed by atoms with Crippen LogP contribution in [0.15, 0.2) is 53.4 Å². The minimum atomic E-state index is -3.46. The quantitative estimate of drug-likeness (QED) is 0.795. The van der Waals surface area contributed by atoms with Crippen LogP contribution in [-0.4, -0.2) is 37.8 Å². The second-order valence-electron chi connectivity index (χ2n) is 6.97. The minimum absolute atomic E-state index is 0.227. The van der Waals surface area contributed by atoms with Crippen LogP contribution in [-0.2, 0) is 10.0 Å². The van der Waals surface area contributed by atoms with Crippen molar-refractivity contribution in [2.24, 2.45) is 0 Å². The predicted octanol–water partition coefficient (Wildman–Crippen LogP) is 3.54. The molecule has 0 unspecified atom stereocenters. The number of carbonyl (C=O) groups is 1. The molecule has 0 aromatic heterocycles. The van der Waals surface area contributed by atoms with E-state index in [1.165, 1.54) is 16.4 Å². The third kappa shape index (κ3) is 4.67. The zero-order valence-corrected chi connectivity index (χ0v) is 16.4. The first-order valence-corrected chi connectivity index (χ1v) is 10.6. The van der Waals surface area contributed by atoms with Crippen molar-refractivity contribution in [2.75, 3.05) is 23.7 Å². The van der Waals surface area contributed by atoms with Gasteiger partial charge < -0.3 is 10.6 Å². The molecule has 0 aliphatic carbocycles. The molecule has 27 heavy (non-hydrogen) atoms. The van der Waals surface area contributed by atoms with Crippen molar-refractivity contribution >= 4 is 27.3 Å². The van der Waals surface area contributed by atoms with Gasteiger partial charge in [0.25, 0.3) is 5.91 Å². The molecule has 1 amide bonds. The summed E-state index contributed by atoms with van der Waals surface area (Å²) in [5.74, 6) is -0.273. The number of anilines is 2. The fourth-order valence-corrected chi connectivity index (χ4v) is 4.56. The van der Waals surface area contributed by atoms with Crippen LogP contribution < -0.4 is 10.6 Å². The highest BCUT2D eigenvalue weighted by Gasteiger charge is 2.27. The molecular weight excluding hydrogens is 362 g/mol. The molecule has 1 fully saturated rings. The van der Waals surface area contributed by atoms with Crippen molar-refractivity contribution in [1.29, 1.82) is 0 Å². The molecule has 1 aliphatic rings. The van der Waals surface area contributed by atoms with Crippen LogP contribution in [0.4, 0.5) is 11.4 Å². The van der Waals surface area contributed by atoms with E-state index in [1.54, 1.807) is 12.1 Å². The first-order valence-electron chi connectivity index (χ1n) is 9.14. The largest absolute Gasteiger partial charge is 0.383 e. The molecule has 1 saturated heterocycles. The first kappa shape index (κ1) is 19.4. The number of nitrogens with one attached hydrogen (secondary N) is 2. The van der Waals surface area contributed by atoms with E-state index in [0.29, 0.717) is 30.4 Å². The monoisotopic (exact) mass is 387 g/mol. The van der Waals surface area contributed by atoms with E-state index in [4.69, 9.17) is 0 Å². The normalized spacial score (nSPS) is 15.1. The average Bonchev–Trinajstić information content (AvgIpc) is 3.18. The van der Waals surface area contributed by atoms with Gasteiger partial charge in [-0.3, -0.25) is 4.79 Å². The van der Waals surface area contributed by atoms with Gasteiger partial charge in [-0.1, -0.05) is 0 Å². The highest BCUT2D eigenvalue weighted by molar-refractivity contribution is 7.89. The molecular formula is C20H25N3O3S. The average molecular weight is 388 g/mol. The molecule has 1 aliphatic heterocycles. The predicted molar refractivity (Wildman–Crippen MR) is 108 cm³/mol. The Kier molecular flexibility index (Phi) is 5.82. The molecule has 0 spiro atoms. The lowest BCUT2D eigenvalue weighted by molar-refractivity contribution is 0.102. The highest BCUT2D eigenvalue weighted by atomic mass is 32.2. The summed E-state index contributed by atoms with van der Waals surface area (Å²) in [6, 6.07) is 13.9. The third-order valence-corrected chi connectivity index (χ3v) is 6.33. The lowest BCUT2D eigenvalue weighted by Crippen LogP contribution is -2.27. The third-order valence-electron chi connectivity index (χ3n) is 4.42. The lowest BCUT2D eigenvalue weighted by Gasteiger charge is -2.15. The van der Waals surface area contributed by atoms with Crippen molar-refractivity contribution in [2.45, 2.75) is 37.6 Å². The maximum Gasteiger partial charge on any atom is 0.255 e. The van der Waals surface area contributed by atoms with Crippen LogP contribution in [0.1, 0.15) is 37.0 Å². The summed E-state index contributed by atoms with van der Waals surface area (Å²) in [4.78, 5) is 12.6. The van der Waals surface area contributed by atoms with Gasteiger partial charge in [0.05, 0.1) is 4.90 Å². The van der Waals surface area contributed by atoms with E-state index in [2.05, 4.69) is 24.5 Å². The number of carbonyl (C=O) groups excluding carboxylic acids is 1. The molecule has 2 aromatic carbocycles. The van der Waals surface area contributed by atoms with E-state index in [-0.39, 0.29) is 10.8 Å². The van der Waals surface area contributed by atoms with Crippen molar-refractivity contribution in [3.63, 3.8) is 0 Å². The Labute approximate surface area is 160 Å². The van der Waals surface area contributed by atoms with Gasteiger partial charge in [0, 0.05) is 36.1 Å². The topological polar surface area (TPSA) is 78.5 Å². The van der Waals surface area contributed by atoms with Gasteiger partial charge in [-0.2, -0.15) is 4.31 Å². The van der Waals surface area contributed by atoms with E-state index < -0.39 is 10.0 Å². The van der Waals surface area contributed by atoms with Crippen LogP contribution in [0.5, 0.6) is 0 Å². The van der Waals surface area contributed by atoms with Crippen LogP contribution in [0.25, 0.3) is 0 Å². The summed E-state index contributed by atoms with van der Waals surface area (Å²) < 4.78 is 26.6. The second kappa shape index (κ2) is 8.10. The minimum Gasteiger partial charge on any atom is -0.383 e. The van der Waals surface area contributed by atoms with E-state index in [0.717, 1.165) is 18.5 Å². The summed E-state index contributed by atoms with van der Waals surface area (Å²) in [6.45, 7) is 5.24. The van der Waals surface area contributed by atoms with Crippen LogP contribution >= 0.6 is 0 Å². The molecule has 0 bridgehead atoms. The van der Waals surface area contributed by atoms with Gasteiger partial charge in [0.1, 0.15) is 0 Å². The number of hydrogen-bond donors (Lipinski definition) is 2. The Morgan fingerprint density at radius 1 is 0.926 bits per heavy atom. The van der Waals surface area contributed by atoms with Gasteiger partial charge in [0.15, 0.2) is 0 Å². The molecule has 2 aromatic rings. The number of amides is 1. The maximum absolute atomic E-state index is 12.5. The van der Waals surface area contributed by atoms with Crippen molar-refractivity contribution < 1.29 is 13.2 Å². The van der Waals surface area contributed by atoms with Crippen molar-refractivity contribution in [1.82, 2.24) is 4.31 Å². The molecule has 0 atom stereocenters. The van der Waals surface area contributed by atoms with Crippen molar-refractivity contribution in [3.05, 3.63) is 54.1 Å². The maximum atomic E-state index is 12.5. The molecule has 3 rings (SSSR count). The summed E-state index contributed by atoms with van der Waals surface area (Å²) in [5.41, 5.74) is 2.09. The van der Waals surface area contributed by atoms with Crippen LogP contribution in [0.3, 0.4) is 0 Å². The number of hydrogen-bond acceptors (Lipinski definition) is 4. The van der Waals surface area contributed by atoms with E-state index in [9.17, 15) is 13.2 Å². The Balaban J connectivity index is 1.67. The van der Waals surface area contributed by atoms with Crippen LogP contribution in [0.2, 0.25) is 0 Å². The standard InChI is InChI=1S/C20H25N3O3S/c1-15(2)21-17-7-9-18(10-8-17)22-20(24)16-5-11-19(12-6-16)27(25,26)23-13-3-4-14-23/h5-12,15,21H,3-4,13-14H2,1-2H3,(H,22,24). The summed E-state index contributed by atoms with van der Waals surface area (Å²) in [6.07, 6.45) is 1.79. The molecule has 6 nitrogen and oxygen atoms in total. The lowest BCUT2D eigenvalue weighted by atomic mass is 10.2. The number of rotatable bonds is 6. The molecule has 2 N–H and O–H groups in total. The zero-order chi connectivity index (χ0) is 19.4. The zero-order valence-electron chi connectivity index (χ0n) is 15.6. The molecule has 144 valence electrons. The second-order valence-corrected chi connectivity index (χ2v) is 8.90. The SMILES string of the molecule is CC(C)Nc1ccc(NC(=O)c2ccc(S(=O)(=O)N3CCCC3)cc2)cc1. The van der Waals surface area contributed by atoms with Gasteiger partial charge in [-0.25, -0.2) is 8.42 Å². The summed E-state index contributed by atoms with van der Waals surface area (Å²) in [5, 5.41) is 6.11.